The zero-order valence-corrected chi connectivity index (χ0v) is 8.78. The summed E-state index contributed by atoms with van der Waals surface area (Å²) < 4.78 is 42.5. The molecule has 1 aromatic carbocycles. The van der Waals surface area contributed by atoms with E-state index in [-0.39, 0.29) is 16.5 Å². The van der Waals surface area contributed by atoms with Crippen LogP contribution in [0.25, 0.3) is 11.0 Å². The molecule has 0 radical (unpaired) electrons. The molecule has 3 nitrogen and oxygen atoms in total. The van der Waals surface area contributed by atoms with Gasteiger partial charge in [0.25, 0.3) is 0 Å². The molecular formula is C9H6ClF3N2O. The molecule has 0 aliphatic carbocycles. The number of nitrogens with one attached hydrogen (secondary N) is 1. The zero-order valence-electron chi connectivity index (χ0n) is 8.02. The molecule has 0 spiro atoms. The van der Waals surface area contributed by atoms with Crippen molar-refractivity contribution in [2.75, 3.05) is 7.11 Å². The number of methoxy groups -OCH3 is 1. The first kappa shape index (κ1) is 11.1. The molecule has 0 unspecified atom stereocenters. The van der Waals surface area contributed by atoms with Crippen LogP contribution in [0.1, 0.15) is 5.56 Å². The number of halogens is 4. The number of benzene rings is 1. The van der Waals surface area contributed by atoms with Crippen molar-refractivity contribution in [1.82, 2.24) is 9.97 Å². The molecule has 7 heteroatoms. The quantitative estimate of drug-likeness (QED) is 0.844. The summed E-state index contributed by atoms with van der Waals surface area (Å²) in [6.45, 7) is 0. The number of ether oxygens (including phenoxy) is 1. The van der Waals surface area contributed by atoms with Crippen molar-refractivity contribution in [3.63, 3.8) is 0 Å². The first-order chi connectivity index (χ1) is 7.41. The van der Waals surface area contributed by atoms with E-state index in [1.165, 1.54) is 13.2 Å². The second-order valence-corrected chi connectivity index (χ2v) is 3.45. The van der Waals surface area contributed by atoms with Crippen molar-refractivity contribution in [1.29, 1.82) is 0 Å². The van der Waals surface area contributed by atoms with Gasteiger partial charge in [0.15, 0.2) is 0 Å². The standard InChI is InChI=1S/C9H6ClF3N2O/c1-16-7-3-6-5(14-8(10)15-6)2-4(7)9(11,12)13/h2-3H,1H3,(H,14,15). The molecule has 1 heterocycles. The van der Waals surface area contributed by atoms with Crippen LogP contribution in [0.15, 0.2) is 12.1 Å². The molecule has 0 amide bonds. The van der Waals surface area contributed by atoms with Crippen molar-refractivity contribution in [2.45, 2.75) is 6.18 Å². The fraction of sp³-hybridized carbons (Fsp3) is 0.222. The lowest BCUT2D eigenvalue weighted by Gasteiger charge is -2.11. The van der Waals surface area contributed by atoms with Crippen LogP contribution in [-0.4, -0.2) is 17.1 Å². The highest BCUT2D eigenvalue weighted by atomic mass is 35.5. The molecule has 0 saturated carbocycles. The van der Waals surface area contributed by atoms with Gasteiger partial charge in [-0.25, -0.2) is 4.98 Å². The molecule has 0 fully saturated rings. The van der Waals surface area contributed by atoms with Gasteiger partial charge in [-0.1, -0.05) is 0 Å². The van der Waals surface area contributed by atoms with Gasteiger partial charge in [-0.15, -0.1) is 0 Å². The summed E-state index contributed by atoms with van der Waals surface area (Å²) in [5.41, 5.74) is -0.309. The Morgan fingerprint density at radius 1 is 1.38 bits per heavy atom. The highest BCUT2D eigenvalue weighted by Crippen LogP contribution is 2.38. The van der Waals surface area contributed by atoms with E-state index >= 15 is 0 Å². The van der Waals surface area contributed by atoms with Crippen molar-refractivity contribution in [3.8, 4) is 5.75 Å². The number of rotatable bonds is 1. The SMILES string of the molecule is COc1cc2nc(Cl)[nH]c2cc1C(F)(F)F. The van der Waals surface area contributed by atoms with Gasteiger partial charge in [0.2, 0.25) is 5.28 Å². The number of nitrogens with zero attached hydrogens (tertiary/aromatic N) is 1. The second kappa shape index (κ2) is 3.55. The minimum absolute atomic E-state index is 0.0383. The van der Waals surface area contributed by atoms with Crippen molar-refractivity contribution < 1.29 is 17.9 Å². The molecule has 2 rings (SSSR count). The van der Waals surface area contributed by atoms with Crippen LogP contribution in [-0.2, 0) is 6.18 Å². The Bertz CT molecular complexity index is 535. The molecule has 2 aromatic rings. The number of hydrogen-bond acceptors (Lipinski definition) is 2. The maximum absolute atomic E-state index is 12.6. The normalized spacial score (nSPS) is 12.1. The molecular weight excluding hydrogens is 245 g/mol. The van der Waals surface area contributed by atoms with Gasteiger partial charge in [0, 0.05) is 6.07 Å². The van der Waals surface area contributed by atoms with Crippen LogP contribution in [0, 0.1) is 0 Å². The highest BCUT2D eigenvalue weighted by molar-refractivity contribution is 6.29. The molecule has 1 N–H and O–H groups in total. The minimum Gasteiger partial charge on any atom is -0.496 e. The van der Waals surface area contributed by atoms with Crippen LogP contribution in [0.3, 0.4) is 0 Å². The monoisotopic (exact) mass is 250 g/mol. The predicted molar refractivity (Wildman–Crippen MR) is 52.7 cm³/mol. The van der Waals surface area contributed by atoms with E-state index in [2.05, 4.69) is 14.7 Å². The van der Waals surface area contributed by atoms with Gasteiger partial charge >= 0.3 is 6.18 Å². The lowest BCUT2D eigenvalue weighted by Crippen LogP contribution is -2.07. The van der Waals surface area contributed by atoms with E-state index in [9.17, 15) is 13.2 Å². The largest absolute Gasteiger partial charge is 0.496 e. The third kappa shape index (κ3) is 1.80. The first-order valence-electron chi connectivity index (χ1n) is 4.22. The Kier molecular flexibility index (Phi) is 2.46. The van der Waals surface area contributed by atoms with Gasteiger partial charge in [-0.2, -0.15) is 13.2 Å². The van der Waals surface area contributed by atoms with E-state index in [0.717, 1.165) is 6.07 Å². The number of imidazole rings is 1. The topological polar surface area (TPSA) is 37.9 Å². The number of hydrogen-bond donors (Lipinski definition) is 1. The first-order valence-corrected chi connectivity index (χ1v) is 4.60. The van der Waals surface area contributed by atoms with Crippen LogP contribution < -0.4 is 4.74 Å². The summed E-state index contributed by atoms with van der Waals surface area (Å²) in [4.78, 5) is 6.33. The summed E-state index contributed by atoms with van der Waals surface area (Å²) in [7, 11) is 1.17. The second-order valence-electron chi connectivity index (χ2n) is 3.10. The van der Waals surface area contributed by atoms with Crippen LogP contribution in [0.2, 0.25) is 5.28 Å². The highest BCUT2D eigenvalue weighted by Gasteiger charge is 2.35. The lowest BCUT2D eigenvalue weighted by atomic mass is 10.1. The van der Waals surface area contributed by atoms with Gasteiger partial charge in [-0.3, -0.25) is 0 Å². The summed E-state index contributed by atoms with van der Waals surface area (Å²) in [5.74, 6) is -0.275. The van der Waals surface area contributed by atoms with Gasteiger partial charge in [0.1, 0.15) is 5.75 Å². The number of alkyl halides is 3. The number of aromatic nitrogens is 2. The van der Waals surface area contributed by atoms with Crippen molar-refractivity contribution >= 4 is 22.6 Å². The van der Waals surface area contributed by atoms with E-state index in [1.807, 2.05) is 0 Å². The fourth-order valence-corrected chi connectivity index (χ4v) is 1.59. The van der Waals surface area contributed by atoms with Gasteiger partial charge in [0.05, 0.1) is 23.7 Å². The molecule has 0 atom stereocenters. The average Bonchev–Trinajstić information content (AvgIpc) is 2.53. The van der Waals surface area contributed by atoms with Crippen LogP contribution in [0.4, 0.5) is 13.2 Å². The third-order valence-electron chi connectivity index (χ3n) is 2.08. The lowest BCUT2D eigenvalue weighted by molar-refractivity contribution is -0.138. The molecule has 1 aromatic heterocycles. The summed E-state index contributed by atoms with van der Waals surface area (Å²) in [5, 5.41) is 0.0383. The maximum atomic E-state index is 12.6. The zero-order chi connectivity index (χ0) is 11.9. The molecule has 0 aliphatic heterocycles. The maximum Gasteiger partial charge on any atom is 0.420 e. The predicted octanol–water partition coefficient (Wildman–Crippen LogP) is 3.24. The number of H-pyrrole nitrogens is 1. The molecule has 0 aliphatic rings. The van der Waals surface area contributed by atoms with E-state index in [1.54, 1.807) is 0 Å². The van der Waals surface area contributed by atoms with E-state index in [4.69, 9.17) is 11.6 Å². The molecule has 86 valence electrons. The van der Waals surface area contributed by atoms with E-state index in [0.29, 0.717) is 5.52 Å². The molecule has 16 heavy (non-hydrogen) atoms. The minimum atomic E-state index is -4.48. The fourth-order valence-electron chi connectivity index (χ4n) is 1.40. The van der Waals surface area contributed by atoms with Crippen molar-refractivity contribution in [3.05, 3.63) is 23.0 Å². The number of aromatic amines is 1. The Labute approximate surface area is 93.2 Å². The number of fused-ring (bicyclic) bond motifs is 1. The van der Waals surface area contributed by atoms with Gasteiger partial charge < -0.3 is 9.72 Å². The molecule has 0 bridgehead atoms. The van der Waals surface area contributed by atoms with Gasteiger partial charge in [-0.05, 0) is 17.7 Å². The summed E-state index contributed by atoms with van der Waals surface area (Å²) >= 11 is 5.56. The smallest absolute Gasteiger partial charge is 0.420 e. The third-order valence-corrected chi connectivity index (χ3v) is 2.26. The van der Waals surface area contributed by atoms with E-state index < -0.39 is 11.7 Å². The average molecular weight is 251 g/mol. The molecule has 0 saturated heterocycles. The summed E-state index contributed by atoms with van der Waals surface area (Å²) in [6.07, 6.45) is -4.48. The Morgan fingerprint density at radius 2 is 2.06 bits per heavy atom. The van der Waals surface area contributed by atoms with Crippen LogP contribution >= 0.6 is 11.6 Å². The Balaban J connectivity index is 2.72. The Hall–Kier alpha value is -1.43. The van der Waals surface area contributed by atoms with Crippen molar-refractivity contribution in [2.24, 2.45) is 0 Å². The Morgan fingerprint density at radius 3 is 2.62 bits per heavy atom. The summed E-state index contributed by atoms with van der Waals surface area (Å²) in [6, 6.07) is 2.12. The van der Waals surface area contributed by atoms with Crippen LogP contribution in [0.5, 0.6) is 5.75 Å².